The number of carbonyl (C=O) groups excluding carboxylic acids is 1. The SMILES string of the molecule is Cc1cccc(-n2nnnc2SCC(=O)N[C@]2(C)CCS(=O)(=O)C2)c1C. The van der Waals surface area contributed by atoms with Crippen LogP contribution < -0.4 is 5.32 Å². The van der Waals surface area contributed by atoms with Gasteiger partial charge in [-0.3, -0.25) is 4.79 Å². The van der Waals surface area contributed by atoms with E-state index in [2.05, 4.69) is 20.8 Å². The van der Waals surface area contributed by atoms with Crippen LogP contribution in [0.2, 0.25) is 0 Å². The number of hydrogen-bond acceptors (Lipinski definition) is 7. The summed E-state index contributed by atoms with van der Waals surface area (Å²) in [5, 5.41) is 15.1. The number of carbonyl (C=O) groups is 1. The summed E-state index contributed by atoms with van der Waals surface area (Å²) in [5.74, 6) is -0.0237. The molecule has 0 unspecified atom stereocenters. The molecule has 140 valence electrons. The van der Waals surface area contributed by atoms with E-state index in [1.807, 2.05) is 32.0 Å². The van der Waals surface area contributed by atoms with Gasteiger partial charge in [0.05, 0.1) is 28.5 Å². The van der Waals surface area contributed by atoms with Crippen molar-refractivity contribution in [2.24, 2.45) is 0 Å². The first-order valence-corrected chi connectivity index (χ1v) is 11.0. The lowest BCUT2D eigenvalue weighted by molar-refractivity contribution is -0.120. The van der Waals surface area contributed by atoms with Crippen LogP contribution in [0.25, 0.3) is 5.69 Å². The van der Waals surface area contributed by atoms with Crippen LogP contribution in [0.3, 0.4) is 0 Å². The number of sulfone groups is 1. The Kier molecular flexibility index (Phi) is 5.07. The lowest BCUT2D eigenvalue weighted by Gasteiger charge is -2.23. The van der Waals surface area contributed by atoms with Crippen molar-refractivity contribution in [3.8, 4) is 5.69 Å². The van der Waals surface area contributed by atoms with Crippen LogP contribution in [0.1, 0.15) is 24.5 Å². The summed E-state index contributed by atoms with van der Waals surface area (Å²) in [5.41, 5.74) is 2.36. The molecule has 8 nitrogen and oxygen atoms in total. The maximum Gasteiger partial charge on any atom is 0.230 e. The summed E-state index contributed by atoms with van der Waals surface area (Å²) in [6, 6.07) is 5.87. The number of nitrogens with one attached hydrogen (secondary N) is 1. The Labute approximate surface area is 156 Å². The third-order valence-electron chi connectivity index (χ3n) is 4.52. The zero-order valence-corrected chi connectivity index (χ0v) is 16.5. The lowest BCUT2D eigenvalue weighted by Crippen LogP contribution is -2.47. The number of nitrogens with zero attached hydrogens (tertiary/aromatic N) is 4. The predicted molar refractivity (Wildman–Crippen MR) is 99.2 cm³/mol. The molecule has 0 aliphatic carbocycles. The van der Waals surface area contributed by atoms with Gasteiger partial charge in [-0.05, 0) is 54.8 Å². The van der Waals surface area contributed by atoms with Gasteiger partial charge in [0.2, 0.25) is 11.1 Å². The number of thioether (sulfide) groups is 1. The van der Waals surface area contributed by atoms with Crippen molar-refractivity contribution in [2.45, 2.75) is 37.9 Å². The Morgan fingerprint density at radius 2 is 2.15 bits per heavy atom. The standard InChI is InChI=1S/C16H21N5O3S2/c1-11-5-4-6-13(12(11)2)21-15(18-19-20-21)25-9-14(22)17-16(3)7-8-26(23,24)10-16/h4-6H,7-10H2,1-3H3,(H,17,22)/t16-/m1/s1. The summed E-state index contributed by atoms with van der Waals surface area (Å²) < 4.78 is 24.9. The van der Waals surface area contributed by atoms with Gasteiger partial charge in [0, 0.05) is 0 Å². The molecule has 10 heteroatoms. The fourth-order valence-electron chi connectivity index (χ4n) is 3.00. The number of benzene rings is 1. The Hall–Kier alpha value is -1.94. The van der Waals surface area contributed by atoms with Crippen LogP contribution in [-0.4, -0.2) is 57.3 Å². The quantitative estimate of drug-likeness (QED) is 0.755. The average Bonchev–Trinajstić information content (AvgIpc) is 3.12. The van der Waals surface area contributed by atoms with E-state index in [1.165, 1.54) is 11.8 Å². The highest BCUT2D eigenvalue weighted by Gasteiger charge is 2.39. The van der Waals surface area contributed by atoms with Crippen LogP contribution in [-0.2, 0) is 14.6 Å². The molecule has 1 saturated heterocycles. The van der Waals surface area contributed by atoms with Crippen molar-refractivity contribution in [2.75, 3.05) is 17.3 Å². The third-order valence-corrected chi connectivity index (χ3v) is 7.34. The monoisotopic (exact) mass is 395 g/mol. The zero-order valence-electron chi connectivity index (χ0n) is 14.9. The van der Waals surface area contributed by atoms with Crippen molar-refractivity contribution >= 4 is 27.5 Å². The normalized spacial score (nSPS) is 21.7. The molecule has 2 heterocycles. The molecule has 3 rings (SSSR count). The van der Waals surface area contributed by atoms with E-state index < -0.39 is 15.4 Å². The van der Waals surface area contributed by atoms with E-state index >= 15 is 0 Å². The summed E-state index contributed by atoms with van der Waals surface area (Å²) in [6.45, 7) is 5.77. The molecule has 26 heavy (non-hydrogen) atoms. The smallest absolute Gasteiger partial charge is 0.230 e. The molecule has 2 aromatic rings. The Bertz CT molecular complexity index is 941. The molecular formula is C16H21N5O3S2. The van der Waals surface area contributed by atoms with Gasteiger partial charge in [0.15, 0.2) is 9.84 Å². The second-order valence-corrected chi connectivity index (χ2v) is 9.96. The second-order valence-electron chi connectivity index (χ2n) is 6.83. The topological polar surface area (TPSA) is 107 Å². The van der Waals surface area contributed by atoms with E-state index in [4.69, 9.17) is 0 Å². The summed E-state index contributed by atoms with van der Waals surface area (Å²) >= 11 is 1.22. The highest BCUT2D eigenvalue weighted by Crippen LogP contribution is 2.25. The fraction of sp³-hybridized carbons (Fsp3) is 0.500. The van der Waals surface area contributed by atoms with Crippen molar-refractivity contribution in [3.63, 3.8) is 0 Å². The Morgan fingerprint density at radius 3 is 2.85 bits per heavy atom. The minimum absolute atomic E-state index is 0.0172. The van der Waals surface area contributed by atoms with Gasteiger partial charge in [-0.15, -0.1) is 5.10 Å². The maximum absolute atomic E-state index is 12.3. The molecule has 1 atom stereocenters. The van der Waals surface area contributed by atoms with Gasteiger partial charge in [0.1, 0.15) is 0 Å². The van der Waals surface area contributed by atoms with Gasteiger partial charge in [-0.2, -0.15) is 4.68 Å². The van der Waals surface area contributed by atoms with Gasteiger partial charge in [0.25, 0.3) is 0 Å². The molecule has 0 saturated carbocycles. The van der Waals surface area contributed by atoms with E-state index in [-0.39, 0.29) is 23.2 Å². The average molecular weight is 396 g/mol. The van der Waals surface area contributed by atoms with Gasteiger partial charge in [-0.1, -0.05) is 23.9 Å². The molecule has 1 aliphatic rings. The predicted octanol–water partition coefficient (Wildman–Crippen LogP) is 1.06. The van der Waals surface area contributed by atoms with E-state index in [1.54, 1.807) is 11.6 Å². The van der Waals surface area contributed by atoms with Crippen molar-refractivity contribution in [3.05, 3.63) is 29.3 Å². The van der Waals surface area contributed by atoms with Crippen molar-refractivity contribution in [1.82, 2.24) is 25.5 Å². The van der Waals surface area contributed by atoms with Crippen molar-refractivity contribution in [1.29, 1.82) is 0 Å². The number of hydrogen-bond donors (Lipinski definition) is 1. The summed E-state index contributed by atoms with van der Waals surface area (Å²) in [7, 11) is -3.07. The maximum atomic E-state index is 12.3. The number of amides is 1. The van der Waals surface area contributed by atoms with Crippen LogP contribution in [0.15, 0.2) is 23.4 Å². The second kappa shape index (κ2) is 6.99. The minimum atomic E-state index is -3.07. The third kappa shape index (κ3) is 4.07. The molecule has 0 radical (unpaired) electrons. The number of rotatable bonds is 5. The van der Waals surface area contributed by atoms with E-state index in [9.17, 15) is 13.2 Å². The number of aryl methyl sites for hydroxylation is 1. The first kappa shape index (κ1) is 18.8. The fourth-order valence-corrected chi connectivity index (χ4v) is 5.77. The molecule has 0 spiro atoms. The van der Waals surface area contributed by atoms with Crippen LogP contribution in [0.4, 0.5) is 0 Å². The molecule has 1 aromatic carbocycles. The number of tetrazole rings is 1. The Balaban J connectivity index is 1.67. The highest BCUT2D eigenvalue weighted by molar-refractivity contribution is 7.99. The molecule has 1 amide bonds. The lowest BCUT2D eigenvalue weighted by atomic mass is 10.0. The zero-order chi connectivity index (χ0) is 18.9. The largest absolute Gasteiger partial charge is 0.349 e. The summed E-state index contributed by atoms with van der Waals surface area (Å²) in [6.07, 6.45) is 0.436. The highest BCUT2D eigenvalue weighted by atomic mass is 32.2. The van der Waals surface area contributed by atoms with Gasteiger partial charge in [-0.25, -0.2) is 8.42 Å². The first-order valence-electron chi connectivity index (χ1n) is 8.18. The molecule has 1 fully saturated rings. The molecular weight excluding hydrogens is 374 g/mol. The molecule has 0 bridgehead atoms. The summed E-state index contributed by atoms with van der Waals surface area (Å²) in [4.78, 5) is 12.3. The van der Waals surface area contributed by atoms with Gasteiger partial charge < -0.3 is 5.32 Å². The van der Waals surface area contributed by atoms with E-state index in [0.717, 1.165) is 16.8 Å². The first-order chi connectivity index (χ1) is 12.2. The van der Waals surface area contributed by atoms with E-state index in [0.29, 0.717) is 11.6 Å². The van der Waals surface area contributed by atoms with Crippen molar-refractivity contribution < 1.29 is 13.2 Å². The minimum Gasteiger partial charge on any atom is -0.349 e. The molecule has 1 aromatic heterocycles. The van der Waals surface area contributed by atoms with Crippen LogP contribution in [0, 0.1) is 13.8 Å². The molecule has 1 N–H and O–H groups in total. The Morgan fingerprint density at radius 1 is 1.38 bits per heavy atom. The van der Waals surface area contributed by atoms with Crippen LogP contribution >= 0.6 is 11.8 Å². The van der Waals surface area contributed by atoms with Gasteiger partial charge >= 0.3 is 0 Å². The van der Waals surface area contributed by atoms with Crippen LogP contribution in [0.5, 0.6) is 0 Å². The number of aromatic nitrogens is 4. The molecule has 1 aliphatic heterocycles.